The molecule has 1 aromatic carbocycles. The van der Waals surface area contributed by atoms with Crippen LogP contribution in [0.5, 0.6) is 5.75 Å². The summed E-state index contributed by atoms with van der Waals surface area (Å²) in [5, 5.41) is 10.1. The Morgan fingerprint density at radius 2 is 1.92 bits per heavy atom. The Hall–Kier alpha value is -1.06. The van der Waals surface area contributed by atoms with Crippen LogP contribution in [0.15, 0.2) is 24.3 Å². The van der Waals surface area contributed by atoms with Crippen LogP contribution in [0, 0.1) is 0 Å². The zero-order valence-corrected chi connectivity index (χ0v) is 7.66. The molecule has 0 aromatic heterocycles. The third-order valence-electron chi connectivity index (χ3n) is 1.66. The van der Waals surface area contributed by atoms with E-state index in [0.29, 0.717) is 6.61 Å². The predicted octanol–water partition coefficient (Wildman–Crippen LogP) is 1.64. The molecule has 0 spiro atoms. The van der Waals surface area contributed by atoms with E-state index in [1.807, 2.05) is 24.3 Å². The van der Waals surface area contributed by atoms with Gasteiger partial charge in [-0.2, -0.15) is 0 Å². The first-order valence-electron chi connectivity index (χ1n) is 4.15. The van der Waals surface area contributed by atoms with Crippen molar-refractivity contribution in [3.63, 3.8) is 0 Å². The van der Waals surface area contributed by atoms with Gasteiger partial charge in [0.05, 0.1) is 20.3 Å². The molecule has 0 aliphatic heterocycles. The van der Waals surface area contributed by atoms with Gasteiger partial charge < -0.3 is 9.47 Å². The molecule has 1 rings (SSSR count). The van der Waals surface area contributed by atoms with E-state index in [-0.39, 0.29) is 13.2 Å². The summed E-state index contributed by atoms with van der Waals surface area (Å²) >= 11 is 0. The highest BCUT2D eigenvalue weighted by molar-refractivity contribution is 5.26. The quantitative estimate of drug-likeness (QED) is 0.648. The largest absolute Gasteiger partial charge is 0.497 e. The molecule has 1 aromatic rings. The number of ether oxygens (including phenoxy) is 2. The third kappa shape index (κ3) is 3.44. The summed E-state index contributed by atoms with van der Waals surface area (Å²) in [6.45, 7) is 0.578. The van der Waals surface area contributed by atoms with E-state index in [9.17, 15) is 5.11 Å². The van der Waals surface area contributed by atoms with Crippen LogP contribution in [0.25, 0.3) is 0 Å². The zero-order chi connectivity index (χ0) is 9.52. The Balaban J connectivity index is 2.40. The van der Waals surface area contributed by atoms with Gasteiger partial charge in [-0.1, -0.05) is 12.1 Å². The maximum atomic E-state index is 10.1. The highest BCUT2D eigenvalue weighted by Gasteiger charge is 1.93. The summed E-state index contributed by atoms with van der Waals surface area (Å²) in [5.41, 5.74) is 1.05. The van der Waals surface area contributed by atoms with Gasteiger partial charge in [0.15, 0.2) is 0 Å². The number of rotatable bonds is 5. The zero-order valence-electron chi connectivity index (χ0n) is 7.66. The van der Waals surface area contributed by atoms with E-state index >= 15 is 0 Å². The van der Waals surface area contributed by atoms with Crippen molar-refractivity contribution >= 4 is 0 Å². The topological polar surface area (TPSA) is 38.4 Å². The van der Waals surface area contributed by atoms with Crippen LogP contribution < -0.4 is 4.74 Å². The van der Waals surface area contributed by atoms with Crippen LogP contribution in [-0.4, -0.2) is 20.3 Å². The molecule has 0 N–H and O–H groups in total. The average molecular weight is 181 g/mol. The molecule has 0 saturated carbocycles. The summed E-state index contributed by atoms with van der Waals surface area (Å²) in [5.74, 6) is 0.826. The minimum Gasteiger partial charge on any atom is -0.497 e. The molecule has 0 atom stereocenters. The maximum absolute atomic E-state index is 10.1. The van der Waals surface area contributed by atoms with E-state index in [2.05, 4.69) is 0 Å². The summed E-state index contributed by atoms with van der Waals surface area (Å²) in [6.07, 6.45) is 0. The minimum absolute atomic E-state index is 0.184. The lowest BCUT2D eigenvalue weighted by Gasteiger charge is -2.03. The average Bonchev–Trinajstić information content (AvgIpc) is 2.19. The van der Waals surface area contributed by atoms with Crippen molar-refractivity contribution < 1.29 is 14.6 Å². The number of hydrogen-bond acceptors (Lipinski definition) is 2. The van der Waals surface area contributed by atoms with Gasteiger partial charge in [0.1, 0.15) is 12.4 Å². The molecule has 0 heterocycles. The van der Waals surface area contributed by atoms with Gasteiger partial charge in [-0.3, -0.25) is 0 Å². The summed E-state index contributed by atoms with van der Waals surface area (Å²) in [6, 6.07) is 7.58. The second-order valence-electron chi connectivity index (χ2n) is 2.60. The van der Waals surface area contributed by atoms with Crippen LogP contribution in [0.2, 0.25) is 0 Å². The van der Waals surface area contributed by atoms with Crippen molar-refractivity contribution in [2.24, 2.45) is 0 Å². The van der Waals surface area contributed by atoms with Crippen molar-refractivity contribution in [3.05, 3.63) is 29.8 Å². The lowest BCUT2D eigenvalue weighted by molar-refractivity contribution is 0.0550. The predicted molar refractivity (Wildman–Crippen MR) is 48.2 cm³/mol. The van der Waals surface area contributed by atoms with Gasteiger partial charge in [-0.25, -0.2) is 5.11 Å². The van der Waals surface area contributed by atoms with Gasteiger partial charge in [-0.05, 0) is 17.7 Å². The van der Waals surface area contributed by atoms with Crippen molar-refractivity contribution in [1.82, 2.24) is 0 Å². The van der Waals surface area contributed by atoms with E-state index in [4.69, 9.17) is 9.47 Å². The van der Waals surface area contributed by atoms with Crippen molar-refractivity contribution in [2.45, 2.75) is 6.61 Å². The Labute approximate surface area is 77.9 Å². The minimum atomic E-state index is -0.184. The van der Waals surface area contributed by atoms with Gasteiger partial charge >= 0.3 is 0 Å². The molecule has 0 saturated heterocycles. The molecule has 0 fully saturated rings. The third-order valence-corrected chi connectivity index (χ3v) is 1.66. The molecule has 0 aliphatic carbocycles. The van der Waals surface area contributed by atoms with E-state index in [1.54, 1.807) is 7.11 Å². The fourth-order valence-electron chi connectivity index (χ4n) is 0.971. The molecule has 3 nitrogen and oxygen atoms in total. The lowest BCUT2D eigenvalue weighted by Crippen LogP contribution is -1.98. The van der Waals surface area contributed by atoms with Crippen LogP contribution in [-0.2, 0) is 16.5 Å². The highest BCUT2D eigenvalue weighted by atomic mass is 16.5. The number of benzene rings is 1. The summed E-state index contributed by atoms with van der Waals surface area (Å²) in [7, 11) is 1.63. The van der Waals surface area contributed by atoms with Crippen LogP contribution >= 0.6 is 0 Å². The molecule has 13 heavy (non-hydrogen) atoms. The Morgan fingerprint density at radius 3 is 2.46 bits per heavy atom. The molecular weight excluding hydrogens is 168 g/mol. The van der Waals surface area contributed by atoms with Gasteiger partial charge in [0, 0.05) is 0 Å². The molecular formula is C10H13O3. The van der Waals surface area contributed by atoms with Gasteiger partial charge in [0.2, 0.25) is 0 Å². The Bertz CT molecular complexity index is 230. The molecule has 0 unspecified atom stereocenters. The van der Waals surface area contributed by atoms with E-state index in [0.717, 1.165) is 11.3 Å². The monoisotopic (exact) mass is 181 g/mol. The first kappa shape index (κ1) is 10.0. The summed E-state index contributed by atoms with van der Waals surface area (Å²) in [4.78, 5) is 0. The van der Waals surface area contributed by atoms with E-state index in [1.165, 1.54) is 0 Å². The highest BCUT2D eigenvalue weighted by Crippen LogP contribution is 2.11. The summed E-state index contributed by atoms with van der Waals surface area (Å²) < 4.78 is 10.1. The lowest BCUT2D eigenvalue weighted by atomic mass is 10.2. The standard InChI is InChI=1S/C10H13O3/c1-12-10-4-2-9(3-5-10)8-13-7-6-11/h2-5H,6-8H2,1H3. The molecule has 71 valence electrons. The molecule has 1 radical (unpaired) electrons. The SMILES string of the molecule is COc1ccc(COCC[O])cc1. The fourth-order valence-corrected chi connectivity index (χ4v) is 0.971. The molecule has 0 aliphatic rings. The van der Waals surface area contributed by atoms with Crippen LogP contribution in [0.4, 0.5) is 0 Å². The van der Waals surface area contributed by atoms with Crippen molar-refractivity contribution in [2.75, 3.05) is 20.3 Å². The van der Waals surface area contributed by atoms with Gasteiger partial charge in [0.25, 0.3) is 0 Å². The first-order valence-corrected chi connectivity index (χ1v) is 4.15. The maximum Gasteiger partial charge on any atom is 0.118 e. The number of methoxy groups -OCH3 is 1. The second kappa shape index (κ2) is 5.56. The van der Waals surface area contributed by atoms with Crippen molar-refractivity contribution in [1.29, 1.82) is 0 Å². The second-order valence-corrected chi connectivity index (χ2v) is 2.60. The smallest absolute Gasteiger partial charge is 0.118 e. The normalized spacial score (nSPS) is 10.0. The molecule has 0 amide bonds. The first-order chi connectivity index (χ1) is 6.36. The van der Waals surface area contributed by atoms with Crippen LogP contribution in [0.3, 0.4) is 0 Å². The Kier molecular flexibility index (Phi) is 4.29. The fraction of sp³-hybridized carbons (Fsp3) is 0.400. The van der Waals surface area contributed by atoms with Gasteiger partial charge in [-0.15, -0.1) is 0 Å². The Morgan fingerprint density at radius 1 is 1.23 bits per heavy atom. The van der Waals surface area contributed by atoms with Crippen molar-refractivity contribution in [3.8, 4) is 5.75 Å². The number of hydrogen-bond donors (Lipinski definition) is 0. The molecule has 3 heteroatoms. The van der Waals surface area contributed by atoms with E-state index < -0.39 is 0 Å². The van der Waals surface area contributed by atoms with Crippen LogP contribution in [0.1, 0.15) is 5.56 Å². The molecule has 0 bridgehead atoms.